The third kappa shape index (κ3) is 8.34. The zero-order valence-electron chi connectivity index (χ0n) is 25.0. The van der Waals surface area contributed by atoms with Crippen molar-refractivity contribution in [2.45, 2.75) is 78.6 Å². The second kappa shape index (κ2) is 13.4. The average molecular weight is 556 g/mol. The van der Waals surface area contributed by atoms with Gasteiger partial charge in [-0.1, -0.05) is 68.3 Å². The minimum absolute atomic E-state index is 0.0794. The molecule has 0 aromatic heterocycles. The number of hydrogen-bond acceptors (Lipinski definition) is 4. The van der Waals surface area contributed by atoms with E-state index in [-0.39, 0.29) is 5.92 Å². The number of anilines is 1. The van der Waals surface area contributed by atoms with Crippen molar-refractivity contribution < 1.29 is 19.1 Å². The molecule has 0 saturated heterocycles. The first-order chi connectivity index (χ1) is 19.3. The number of ether oxygens (including phenoxy) is 1. The van der Waals surface area contributed by atoms with E-state index in [0.717, 1.165) is 10.8 Å². The number of nitrogens with one attached hydrogen (secondary N) is 2. The van der Waals surface area contributed by atoms with Gasteiger partial charge in [0, 0.05) is 17.3 Å². The molecule has 7 nitrogen and oxygen atoms in total. The molecule has 0 aliphatic heterocycles. The summed E-state index contributed by atoms with van der Waals surface area (Å²) >= 11 is 0. The summed E-state index contributed by atoms with van der Waals surface area (Å²) < 4.78 is 5.46. The molecule has 0 aliphatic carbocycles. The van der Waals surface area contributed by atoms with Crippen LogP contribution in [0.15, 0.2) is 66.7 Å². The normalized spacial score (nSPS) is 12.9. The summed E-state index contributed by atoms with van der Waals surface area (Å²) in [5.74, 6) is 1.93. The molecular weight excluding hydrogens is 514 g/mol. The van der Waals surface area contributed by atoms with Gasteiger partial charge < -0.3 is 20.3 Å². The van der Waals surface area contributed by atoms with Gasteiger partial charge in [0.05, 0.1) is 0 Å². The van der Waals surface area contributed by atoms with E-state index < -0.39 is 41.6 Å². The van der Waals surface area contributed by atoms with Crippen molar-refractivity contribution in [3.8, 4) is 12.3 Å². The Balaban J connectivity index is 2.06. The fourth-order valence-corrected chi connectivity index (χ4v) is 4.76. The number of rotatable bonds is 9. The Morgan fingerprint density at radius 1 is 0.927 bits per heavy atom. The highest BCUT2D eigenvalue weighted by atomic mass is 16.6. The molecule has 2 N–H and O–H groups in total. The molecule has 216 valence electrons. The van der Waals surface area contributed by atoms with Crippen molar-refractivity contribution in [3.05, 3.63) is 77.9 Å². The van der Waals surface area contributed by atoms with Crippen LogP contribution in [-0.4, -0.2) is 40.5 Å². The molecular formula is C34H41N3O4. The lowest BCUT2D eigenvalue weighted by atomic mass is 9.95. The standard InChI is InChI=1S/C34H41N3O4/c1-9-24-14-12-13-17-28(24)30(31(38)35-27-19-18-25-15-10-11-16-26(25)21-27)37(23(4)5)32(39)29(20-22(2)3)36-33(40)41-34(6,7)8/h1,10-19,21-23,29-30H,20H2,2-8H3,(H,35,38)(H,36,40). The smallest absolute Gasteiger partial charge is 0.408 e. The van der Waals surface area contributed by atoms with Crippen LogP contribution in [0.25, 0.3) is 10.8 Å². The van der Waals surface area contributed by atoms with Gasteiger partial charge in [0.15, 0.2) is 0 Å². The Morgan fingerprint density at radius 3 is 2.17 bits per heavy atom. The summed E-state index contributed by atoms with van der Waals surface area (Å²) in [6.45, 7) is 12.9. The second-order valence-corrected chi connectivity index (χ2v) is 11.9. The number of amides is 3. The molecule has 41 heavy (non-hydrogen) atoms. The fourth-order valence-electron chi connectivity index (χ4n) is 4.76. The van der Waals surface area contributed by atoms with Gasteiger partial charge >= 0.3 is 6.09 Å². The van der Waals surface area contributed by atoms with Crippen molar-refractivity contribution in [2.75, 3.05) is 5.32 Å². The van der Waals surface area contributed by atoms with E-state index >= 15 is 0 Å². The number of fused-ring (bicyclic) bond motifs is 1. The van der Waals surface area contributed by atoms with Gasteiger partial charge in [-0.2, -0.15) is 0 Å². The second-order valence-electron chi connectivity index (χ2n) is 11.9. The summed E-state index contributed by atoms with van der Waals surface area (Å²) in [5, 5.41) is 7.79. The molecule has 0 fully saturated rings. The van der Waals surface area contributed by atoms with E-state index in [2.05, 4.69) is 16.6 Å². The lowest BCUT2D eigenvalue weighted by Crippen LogP contribution is -2.54. The first kappa shape index (κ1) is 31.2. The maximum Gasteiger partial charge on any atom is 0.408 e. The van der Waals surface area contributed by atoms with E-state index in [4.69, 9.17) is 11.2 Å². The minimum Gasteiger partial charge on any atom is -0.444 e. The lowest BCUT2D eigenvalue weighted by Gasteiger charge is -2.38. The molecule has 7 heteroatoms. The van der Waals surface area contributed by atoms with Crippen molar-refractivity contribution in [2.24, 2.45) is 5.92 Å². The first-order valence-electron chi connectivity index (χ1n) is 14.0. The molecule has 2 unspecified atom stereocenters. The van der Waals surface area contributed by atoms with E-state index in [0.29, 0.717) is 23.2 Å². The monoisotopic (exact) mass is 555 g/mol. The van der Waals surface area contributed by atoms with Crippen molar-refractivity contribution in [1.29, 1.82) is 0 Å². The number of carbonyl (C=O) groups is 3. The zero-order chi connectivity index (χ0) is 30.3. The van der Waals surface area contributed by atoms with Crippen LogP contribution in [-0.2, 0) is 14.3 Å². The molecule has 0 saturated carbocycles. The number of terminal acetylenes is 1. The Bertz CT molecular complexity index is 1430. The maximum absolute atomic E-state index is 14.3. The summed E-state index contributed by atoms with van der Waals surface area (Å²) in [6, 6.07) is 18.2. The molecule has 0 bridgehead atoms. The molecule has 0 spiro atoms. The van der Waals surface area contributed by atoms with Crippen LogP contribution in [0.1, 0.15) is 72.1 Å². The predicted octanol–water partition coefficient (Wildman–Crippen LogP) is 6.68. The third-order valence-corrected chi connectivity index (χ3v) is 6.46. The number of hydrogen-bond donors (Lipinski definition) is 2. The highest BCUT2D eigenvalue weighted by Crippen LogP contribution is 2.30. The fraction of sp³-hybridized carbons (Fsp3) is 0.382. The van der Waals surface area contributed by atoms with Crippen molar-refractivity contribution >= 4 is 34.4 Å². The van der Waals surface area contributed by atoms with Crippen LogP contribution in [0, 0.1) is 18.3 Å². The van der Waals surface area contributed by atoms with Crippen LogP contribution < -0.4 is 10.6 Å². The summed E-state index contributed by atoms with van der Waals surface area (Å²) in [5.41, 5.74) is 0.890. The highest BCUT2D eigenvalue weighted by molar-refractivity contribution is 6.00. The van der Waals surface area contributed by atoms with Crippen LogP contribution in [0.3, 0.4) is 0 Å². The van der Waals surface area contributed by atoms with Gasteiger partial charge in [0.1, 0.15) is 17.7 Å². The number of alkyl carbamates (subject to hydrolysis) is 1. The largest absolute Gasteiger partial charge is 0.444 e. The quantitative estimate of drug-likeness (QED) is 0.289. The molecule has 0 radical (unpaired) electrons. The van der Waals surface area contributed by atoms with Crippen LogP contribution in [0.5, 0.6) is 0 Å². The Kier molecular flexibility index (Phi) is 10.2. The molecule has 0 heterocycles. The minimum atomic E-state index is -1.06. The van der Waals surface area contributed by atoms with Gasteiger partial charge in [-0.05, 0) is 81.5 Å². The highest BCUT2D eigenvalue weighted by Gasteiger charge is 2.39. The molecule has 0 aliphatic rings. The SMILES string of the molecule is C#Cc1ccccc1C(C(=O)Nc1ccc2ccccc2c1)N(C(=O)C(CC(C)C)NC(=O)OC(C)(C)C)C(C)C. The van der Waals surface area contributed by atoms with E-state index in [1.54, 1.807) is 45.0 Å². The predicted molar refractivity (Wildman–Crippen MR) is 164 cm³/mol. The maximum atomic E-state index is 14.3. The summed E-state index contributed by atoms with van der Waals surface area (Å²) in [7, 11) is 0. The molecule has 3 rings (SSSR count). The van der Waals surface area contributed by atoms with Gasteiger partial charge in [-0.15, -0.1) is 6.42 Å². The van der Waals surface area contributed by atoms with Gasteiger partial charge in [-0.25, -0.2) is 4.79 Å². The third-order valence-electron chi connectivity index (χ3n) is 6.46. The van der Waals surface area contributed by atoms with E-state index in [1.807, 2.05) is 70.2 Å². The van der Waals surface area contributed by atoms with E-state index in [1.165, 1.54) is 4.90 Å². The Labute approximate surface area is 243 Å². The lowest BCUT2D eigenvalue weighted by molar-refractivity contribution is -0.143. The topological polar surface area (TPSA) is 87.7 Å². The number of benzene rings is 3. The van der Waals surface area contributed by atoms with Crippen LogP contribution >= 0.6 is 0 Å². The molecule has 2 atom stereocenters. The first-order valence-corrected chi connectivity index (χ1v) is 14.0. The average Bonchev–Trinajstić information content (AvgIpc) is 2.89. The Hall–Kier alpha value is -4.31. The van der Waals surface area contributed by atoms with Gasteiger partial charge in [0.2, 0.25) is 5.91 Å². The van der Waals surface area contributed by atoms with Crippen LogP contribution in [0.2, 0.25) is 0 Å². The van der Waals surface area contributed by atoms with Crippen LogP contribution in [0.4, 0.5) is 10.5 Å². The summed E-state index contributed by atoms with van der Waals surface area (Å²) in [6.07, 6.45) is 5.51. The Morgan fingerprint density at radius 2 is 1.56 bits per heavy atom. The van der Waals surface area contributed by atoms with Crippen molar-refractivity contribution in [3.63, 3.8) is 0 Å². The van der Waals surface area contributed by atoms with Crippen molar-refractivity contribution in [1.82, 2.24) is 10.2 Å². The molecule has 3 aromatic rings. The number of carbonyl (C=O) groups excluding carboxylic acids is 3. The zero-order valence-corrected chi connectivity index (χ0v) is 25.0. The van der Waals surface area contributed by atoms with Gasteiger partial charge in [0.25, 0.3) is 5.91 Å². The number of nitrogens with zero attached hydrogens (tertiary/aromatic N) is 1. The van der Waals surface area contributed by atoms with E-state index in [9.17, 15) is 14.4 Å². The van der Waals surface area contributed by atoms with Gasteiger partial charge in [-0.3, -0.25) is 9.59 Å². The summed E-state index contributed by atoms with van der Waals surface area (Å²) in [4.78, 5) is 42.7. The molecule has 3 aromatic carbocycles. The molecule has 3 amide bonds.